The summed E-state index contributed by atoms with van der Waals surface area (Å²) in [5.74, 6) is 0.515. The summed E-state index contributed by atoms with van der Waals surface area (Å²) < 4.78 is 16.8. The number of hydrogen-bond donors (Lipinski definition) is 1. The molecule has 1 aromatic heterocycles. The van der Waals surface area contributed by atoms with Crippen molar-refractivity contribution in [2.45, 2.75) is 33.4 Å². The van der Waals surface area contributed by atoms with Crippen LogP contribution < -0.4 is 10.1 Å². The van der Waals surface area contributed by atoms with E-state index in [2.05, 4.69) is 15.4 Å². The molecule has 30 heavy (non-hydrogen) atoms. The molecule has 0 saturated carbocycles. The van der Waals surface area contributed by atoms with Crippen molar-refractivity contribution in [3.05, 3.63) is 53.2 Å². The molecule has 1 unspecified atom stereocenters. The fraction of sp³-hybridized carbons (Fsp3) is 0.391. The van der Waals surface area contributed by atoms with Crippen LogP contribution in [0.2, 0.25) is 0 Å². The molecule has 0 spiro atoms. The minimum atomic E-state index is -0.628. The van der Waals surface area contributed by atoms with Gasteiger partial charge in [0.05, 0.1) is 13.2 Å². The van der Waals surface area contributed by atoms with Crippen LogP contribution in [0.5, 0.6) is 5.75 Å². The van der Waals surface area contributed by atoms with Crippen LogP contribution in [-0.4, -0.2) is 48.4 Å². The average Bonchev–Trinajstić information content (AvgIpc) is 3.14. The summed E-state index contributed by atoms with van der Waals surface area (Å²) in [6.45, 7) is 9.67. The molecular weight excluding hydrogens is 382 g/mol. The number of nitrogens with one attached hydrogen (secondary N) is 1. The topological polar surface area (TPSA) is 76.8 Å². The Morgan fingerprint density at radius 3 is 2.83 bits per heavy atom. The standard InChI is InChI=1S/C23H27N3O4/c1-15-5-4-6-21(16(15)2)29-17(3)23(27)24-18-7-8-22-19(13-18)20(25-30-22)14-26-9-11-28-12-10-26/h4-8,13,17H,9-12,14H2,1-3H3,(H,24,27). The average molecular weight is 409 g/mol. The van der Waals surface area contributed by atoms with Crippen LogP contribution in [-0.2, 0) is 16.1 Å². The number of rotatable bonds is 6. The third-order valence-corrected chi connectivity index (χ3v) is 5.52. The third kappa shape index (κ3) is 4.47. The van der Waals surface area contributed by atoms with Crippen molar-refractivity contribution in [1.29, 1.82) is 0 Å². The molecule has 4 rings (SSSR count). The maximum absolute atomic E-state index is 12.7. The molecule has 0 aliphatic carbocycles. The predicted molar refractivity (Wildman–Crippen MR) is 115 cm³/mol. The van der Waals surface area contributed by atoms with E-state index < -0.39 is 6.10 Å². The second-order valence-electron chi connectivity index (χ2n) is 7.68. The maximum Gasteiger partial charge on any atom is 0.265 e. The van der Waals surface area contributed by atoms with Crippen molar-refractivity contribution in [3.8, 4) is 5.75 Å². The highest BCUT2D eigenvalue weighted by Crippen LogP contribution is 2.25. The summed E-state index contributed by atoms with van der Waals surface area (Å²) in [6, 6.07) is 11.4. The lowest BCUT2D eigenvalue weighted by Crippen LogP contribution is -2.35. The van der Waals surface area contributed by atoms with E-state index >= 15 is 0 Å². The van der Waals surface area contributed by atoms with Gasteiger partial charge in [0.25, 0.3) is 5.91 Å². The van der Waals surface area contributed by atoms with Gasteiger partial charge in [-0.25, -0.2) is 0 Å². The molecule has 1 fully saturated rings. The Kier molecular flexibility index (Phi) is 6.01. The molecule has 1 N–H and O–H groups in total. The molecule has 1 atom stereocenters. The normalized spacial score (nSPS) is 15.8. The van der Waals surface area contributed by atoms with Gasteiger partial charge in [0, 0.05) is 30.7 Å². The number of ether oxygens (including phenoxy) is 2. The molecule has 1 aliphatic heterocycles. The van der Waals surface area contributed by atoms with E-state index in [9.17, 15) is 4.79 Å². The summed E-state index contributed by atoms with van der Waals surface area (Å²) in [6.07, 6.45) is -0.628. The van der Waals surface area contributed by atoms with Crippen molar-refractivity contribution in [3.63, 3.8) is 0 Å². The van der Waals surface area contributed by atoms with Crippen LogP contribution in [0.1, 0.15) is 23.7 Å². The summed E-state index contributed by atoms with van der Waals surface area (Å²) in [5, 5.41) is 8.07. The Bertz CT molecular complexity index is 1040. The first-order valence-electron chi connectivity index (χ1n) is 10.2. The minimum Gasteiger partial charge on any atom is -0.481 e. The molecular formula is C23H27N3O4. The van der Waals surface area contributed by atoms with E-state index in [-0.39, 0.29) is 5.91 Å². The molecule has 3 aromatic rings. The molecule has 158 valence electrons. The maximum atomic E-state index is 12.7. The first-order chi connectivity index (χ1) is 14.5. The second-order valence-corrected chi connectivity index (χ2v) is 7.68. The van der Waals surface area contributed by atoms with Gasteiger partial charge >= 0.3 is 0 Å². The molecule has 2 heterocycles. The van der Waals surface area contributed by atoms with Gasteiger partial charge in [0.2, 0.25) is 0 Å². The Hall–Kier alpha value is -2.90. The van der Waals surface area contributed by atoms with Crippen LogP contribution in [0, 0.1) is 13.8 Å². The Balaban J connectivity index is 1.45. The van der Waals surface area contributed by atoms with Gasteiger partial charge in [-0.05, 0) is 56.2 Å². The first-order valence-corrected chi connectivity index (χ1v) is 10.2. The quantitative estimate of drug-likeness (QED) is 0.669. The number of fused-ring (bicyclic) bond motifs is 1. The van der Waals surface area contributed by atoms with Crippen LogP contribution in [0.4, 0.5) is 5.69 Å². The van der Waals surface area contributed by atoms with Crippen molar-refractivity contribution in [2.75, 3.05) is 31.6 Å². The third-order valence-electron chi connectivity index (χ3n) is 5.52. The lowest BCUT2D eigenvalue weighted by Gasteiger charge is -2.25. The van der Waals surface area contributed by atoms with Crippen molar-refractivity contribution >= 4 is 22.6 Å². The lowest BCUT2D eigenvalue weighted by molar-refractivity contribution is -0.122. The highest BCUT2D eigenvalue weighted by molar-refractivity contribution is 5.96. The summed E-state index contributed by atoms with van der Waals surface area (Å²) in [5.41, 5.74) is 4.43. The molecule has 0 bridgehead atoms. The minimum absolute atomic E-state index is 0.207. The Morgan fingerprint density at radius 2 is 2.03 bits per heavy atom. The van der Waals surface area contributed by atoms with Crippen LogP contribution in [0.3, 0.4) is 0 Å². The van der Waals surface area contributed by atoms with Gasteiger partial charge in [-0.1, -0.05) is 17.3 Å². The van der Waals surface area contributed by atoms with E-state index in [1.807, 2.05) is 50.2 Å². The molecule has 1 saturated heterocycles. The highest BCUT2D eigenvalue weighted by Gasteiger charge is 2.19. The van der Waals surface area contributed by atoms with E-state index in [0.717, 1.165) is 54.3 Å². The second kappa shape index (κ2) is 8.85. The van der Waals surface area contributed by atoms with Gasteiger partial charge in [0.1, 0.15) is 11.4 Å². The highest BCUT2D eigenvalue weighted by atomic mass is 16.5. The molecule has 1 aliphatic rings. The van der Waals surface area contributed by atoms with Gasteiger partial charge < -0.3 is 19.3 Å². The smallest absolute Gasteiger partial charge is 0.265 e. The monoisotopic (exact) mass is 409 g/mol. The van der Waals surface area contributed by atoms with Gasteiger partial charge in [-0.2, -0.15) is 0 Å². The number of aromatic nitrogens is 1. The number of anilines is 1. The van der Waals surface area contributed by atoms with E-state index in [0.29, 0.717) is 17.8 Å². The van der Waals surface area contributed by atoms with E-state index in [1.54, 1.807) is 6.92 Å². The predicted octanol–water partition coefficient (Wildman–Crippen LogP) is 3.68. The van der Waals surface area contributed by atoms with E-state index in [4.69, 9.17) is 14.0 Å². The van der Waals surface area contributed by atoms with Crippen molar-refractivity contribution in [2.24, 2.45) is 0 Å². The van der Waals surface area contributed by atoms with E-state index in [1.165, 1.54) is 0 Å². The lowest BCUT2D eigenvalue weighted by atomic mass is 10.1. The largest absolute Gasteiger partial charge is 0.481 e. The number of morpholine rings is 1. The number of benzene rings is 2. The molecule has 0 radical (unpaired) electrons. The summed E-state index contributed by atoms with van der Waals surface area (Å²) >= 11 is 0. The zero-order chi connectivity index (χ0) is 21.1. The van der Waals surface area contributed by atoms with Crippen LogP contribution >= 0.6 is 0 Å². The number of amides is 1. The molecule has 7 heteroatoms. The number of carbonyl (C=O) groups excluding carboxylic acids is 1. The Labute approximate surface area is 175 Å². The van der Waals surface area contributed by atoms with Crippen molar-refractivity contribution in [1.82, 2.24) is 10.1 Å². The fourth-order valence-electron chi connectivity index (χ4n) is 3.49. The fourth-order valence-corrected chi connectivity index (χ4v) is 3.49. The number of aryl methyl sites for hydroxylation is 1. The molecule has 2 aromatic carbocycles. The zero-order valence-electron chi connectivity index (χ0n) is 17.6. The Morgan fingerprint density at radius 1 is 1.23 bits per heavy atom. The number of carbonyl (C=O) groups is 1. The van der Waals surface area contributed by atoms with Crippen molar-refractivity contribution < 1.29 is 18.8 Å². The number of nitrogens with zero attached hydrogens (tertiary/aromatic N) is 2. The first kappa shape index (κ1) is 20.4. The molecule has 1 amide bonds. The zero-order valence-corrected chi connectivity index (χ0v) is 17.6. The van der Waals surface area contributed by atoms with Gasteiger partial charge in [-0.15, -0.1) is 0 Å². The molecule has 7 nitrogen and oxygen atoms in total. The summed E-state index contributed by atoms with van der Waals surface area (Å²) in [4.78, 5) is 15.0. The van der Waals surface area contributed by atoms with Crippen LogP contribution in [0.15, 0.2) is 40.9 Å². The number of hydrogen-bond acceptors (Lipinski definition) is 6. The summed E-state index contributed by atoms with van der Waals surface area (Å²) in [7, 11) is 0. The van der Waals surface area contributed by atoms with Gasteiger partial charge in [-0.3, -0.25) is 9.69 Å². The SMILES string of the molecule is Cc1cccc(OC(C)C(=O)Nc2ccc3onc(CN4CCOCC4)c3c2)c1C. The van der Waals surface area contributed by atoms with Crippen LogP contribution in [0.25, 0.3) is 11.0 Å². The van der Waals surface area contributed by atoms with Gasteiger partial charge in [0.15, 0.2) is 11.7 Å².